The Bertz CT molecular complexity index is 542. The number of hydrogen-bond donors (Lipinski definition) is 1. The first-order valence-electron chi connectivity index (χ1n) is 7.23. The van der Waals surface area contributed by atoms with Crippen LogP contribution in [0, 0.1) is 0 Å². The predicted octanol–water partition coefficient (Wildman–Crippen LogP) is 2.03. The van der Waals surface area contributed by atoms with Gasteiger partial charge in [-0.25, -0.2) is 4.79 Å². The van der Waals surface area contributed by atoms with Crippen LogP contribution in [0.25, 0.3) is 0 Å². The van der Waals surface area contributed by atoms with E-state index in [1.807, 2.05) is 24.3 Å². The van der Waals surface area contributed by atoms with Gasteiger partial charge >= 0.3 is 6.03 Å². The minimum Gasteiger partial charge on any atom is -0.329 e. The summed E-state index contributed by atoms with van der Waals surface area (Å²) in [7, 11) is 0. The first-order valence-corrected chi connectivity index (χ1v) is 7.60. The molecule has 1 aromatic carbocycles. The molecule has 3 rings (SSSR count). The second-order valence-electron chi connectivity index (χ2n) is 5.48. The van der Waals surface area contributed by atoms with Gasteiger partial charge in [-0.05, 0) is 43.6 Å². The monoisotopic (exact) mass is 307 g/mol. The summed E-state index contributed by atoms with van der Waals surface area (Å²) in [6.07, 6.45) is 2.30. The lowest BCUT2D eigenvalue weighted by atomic mass is 10.0. The fraction of sp³-hybridized carbons (Fsp3) is 0.467. The summed E-state index contributed by atoms with van der Waals surface area (Å²) in [5, 5.41) is 3.25. The Hall–Kier alpha value is -1.59. The van der Waals surface area contributed by atoms with Crippen molar-refractivity contribution >= 4 is 23.5 Å². The van der Waals surface area contributed by atoms with Crippen LogP contribution >= 0.6 is 11.6 Å². The van der Waals surface area contributed by atoms with Crippen molar-refractivity contribution in [3.8, 4) is 0 Å². The molecule has 2 aliphatic rings. The number of benzene rings is 1. The molecular formula is C15H18ClN3O2. The summed E-state index contributed by atoms with van der Waals surface area (Å²) in [6.45, 7) is 2.45. The number of carbonyl (C=O) groups is 2. The Morgan fingerprint density at radius 3 is 2.62 bits per heavy atom. The summed E-state index contributed by atoms with van der Waals surface area (Å²) in [5.74, 6) is -0.161. The fourth-order valence-electron chi connectivity index (χ4n) is 3.01. The molecule has 112 valence electrons. The van der Waals surface area contributed by atoms with Crippen molar-refractivity contribution in [2.24, 2.45) is 0 Å². The molecule has 2 fully saturated rings. The highest BCUT2D eigenvalue weighted by molar-refractivity contribution is 6.30. The second kappa shape index (κ2) is 6.03. The molecule has 0 unspecified atom stereocenters. The molecule has 0 spiro atoms. The number of rotatable bonds is 4. The third kappa shape index (κ3) is 3.04. The second-order valence-corrected chi connectivity index (χ2v) is 5.91. The fourth-order valence-corrected chi connectivity index (χ4v) is 3.21. The minimum atomic E-state index is -0.300. The normalized spacial score (nSPS) is 20.9. The van der Waals surface area contributed by atoms with E-state index < -0.39 is 0 Å². The molecule has 0 bridgehead atoms. The number of halogens is 1. The maximum absolute atomic E-state index is 11.8. The van der Waals surface area contributed by atoms with Gasteiger partial charge < -0.3 is 5.32 Å². The minimum absolute atomic E-state index is 0.0130. The van der Waals surface area contributed by atoms with Gasteiger partial charge in [-0.3, -0.25) is 14.6 Å². The highest BCUT2D eigenvalue weighted by atomic mass is 35.5. The zero-order valence-electron chi connectivity index (χ0n) is 11.7. The molecule has 1 aromatic rings. The summed E-state index contributed by atoms with van der Waals surface area (Å²) in [4.78, 5) is 27.2. The molecule has 1 atom stereocenters. The number of urea groups is 1. The van der Waals surface area contributed by atoms with Gasteiger partial charge in [0.25, 0.3) is 0 Å². The van der Waals surface area contributed by atoms with Crippen molar-refractivity contribution in [1.29, 1.82) is 0 Å². The Morgan fingerprint density at radius 2 is 2.00 bits per heavy atom. The Labute approximate surface area is 128 Å². The van der Waals surface area contributed by atoms with Crippen LogP contribution in [-0.4, -0.2) is 47.9 Å². The van der Waals surface area contributed by atoms with E-state index in [0.717, 1.165) is 31.5 Å². The van der Waals surface area contributed by atoms with E-state index >= 15 is 0 Å². The molecule has 2 heterocycles. The first-order chi connectivity index (χ1) is 10.1. The number of amides is 3. The molecule has 1 N–H and O–H groups in total. The van der Waals surface area contributed by atoms with Gasteiger partial charge in [-0.15, -0.1) is 0 Å². The van der Waals surface area contributed by atoms with Gasteiger partial charge in [0, 0.05) is 5.02 Å². The van der Waals surface area contributed by atoms with Crippen LogP contribution in [-0.2, 0) is 4.79 Å². The van der Waals surface area contributed by atoms with Crippen LogP contribution in [0.3, 0.4) is 0 Å². The Balaban J connectivity index is 1.85. The average Bonchev–Trinajstić information content (AvgIpc) is 3.08. The molecule has 5 nitrogen and oxygen atoms in total. The number of nitrogens with one attached hydrogen (secondary N) is 1. The van der Waals surface area contributed by atoms with Crippen molar-refractivity contribution in [1.82, 2.24) is 15.1 Å². The molecule has 0 aliphatic carbocycles. The SMILES string of the molecule is O=C1CNC(=O)N1C[C@@H](c1cccc(Cl)c1)N1CCCC1. The maximum Gasteiger partial charge on any atom is 0.324 e. The number of likely N-dealkylation sites (tertiary alicyclic amines) is 1. The van der Waals surface area contributed by atoms with Crippen LogP contribution in [0.5, 0.6) is 0 Å². The Morgan fingerprint density at radius 1 is 1.24 bits per heavy atom. The van der Waals surface area contributed by atoms with Crippen molar-refractivity contribution in [3.05, 3.63) is 34.9 Å². The van der Waals surface area contributed by atoms with E-state index in [-0.39, 0.29) is 24.5 Å². The number of imide groups is 1. The van der Waals surface area contributed by atoms with Crippen molar-refractivity contribution in [2.45, 2.75) is 18.9 Å². The lowest BCUT2D eigenvalue weighted by Gasteiger charge is -2.30. The standard InChI is InChI=1S/C15H18ClN3O2/c16-12-5-3-4-11(8-12)13(18-6-1-2-7-18)10-19-14(20)9-17-15(19)21/h3-5,8,13H,1-2,6-7,9-10H2,(H,17,21)/t13-/m0/s1. The van der Waals surface area contributed by atoms with E-state index in [9.17, 15) is 9.59 Å². The van der Waals surface area contributed by atoms with E-state index in [1.54, 1.807) is 0 Å². The largest absolute Gasteiger partial charge is 0.329 e. The van der Waals surface area contributed by atoms with Gasteiger partial charge in [0.1, 0.15) is 0 Å². The van der Waals surface area contributed by atoms with Crippen LogP contribution in [0.15, 0.2) is 24.3 Å². The smallest absolute Gasteiger partial charge is 0.324 e. The number of hydrogen-bond acceptors (Lipinski definition) is 3. The van der Waals surface area contributed by atoms with E-state index in [2.05, 4.69) is 10.2 Å². The Kier molecular flexibility index (Phi) is 4.12. The van der Waals surface area contributed by atoms with Gasteiger partial charge in [0.05, 0.1) is 19.1 Å². The lowest BCUT2D eigenvalue weighted by molar-refractivity contribution is -0.125. The van der Waals surface area contributed by atoms with E-state index in [0.29, 0.717) is 11.6 Å². The first kappa shape index (κ1) is 14.4. The van der Waals surface area contributed by atoms with Crippen LogP contribution < -0.4 is 5.32 Å². The van der Waals surface area contributed by atoms with Crippen LogP contribution in [0.1, 0.15) is 24.4 Å². The third-order valence-corrected chi connectivity index (χ3v) is 4.34. The summed E-state index contributed by atoms with van der Waals surface area (Å²) in [5.41, 5.74) is 1.05. The van der Waals surface area contributed by atoms with Crippen molar-refractivity contribution in [2.75, 3.05) is 26.2 Å². The maximum atomic E-state index is 11.8. The topological polar surface area (TPSA) is 52.7 Å². The van der Waals surface area contributed by atoms with Gasteiger partial charge in [0.15, 0.2) is 0 Å². The third-order valence-electron chi connectivity index (χ3n) is 4.11. The highest BCUT2D eigenvalue weighted by Crippen LogP contribution is 2.28. The van der Waals surface area contributed by atoms with Crippen LogP contribution in [0.4, 0.5) is 4.79 Å². The van der Waals surface area contributed by atoms with Crippen molar-refractivity contribution in [3.63, 3.8) is 0 Å². The highest BCUT2D eigenvalue weighted by Gasteiger charge is 2.34. The molecule has 21 heavy (non-hydrogen) atoms. The predicted molar refractivity (Wildman–Crippen MR) is 80.1 cm³/mol. The summed E-state index contributed by atoms with van der Waals surface area (Å²) < 4.78 is 0. The summed E-state index contributed by atoms with van der Waals surface area (Å²) >= 11 is 6.09. The number of nitrogens with zero attached hydrogens (tertiary/aromatic N) is 2. The van der Waals surface area contributed by atoms with Crippen molar-refractivity contribution < 1.29 is 9.59 Å². The molecule has 6 heteroatoms. The van der Waals surface area contributed by atoms with E-state index in [4.69, 9.17) is 11.6 Å². The van der Waals surface area contributed by atoms with E-state index in [1.165, 1.54) is 4.90 Å². The van der Waals surface area contributed by atoms with Gasteiger partial charge in [-0.1, -0.05) is 23.7 Å². The zero-order valence-corrected chi connectivity index (χ0v) is 12.5. The molecular weight excluding hydrogens is 290 g/mol. The lowest BCUT2D eigenvalue weighted by Crippen LogP contribution is -2.40. The quantitative estimate of drug-likeness (QED) is 0.866. The molecule has 0 radical (unpaired) electrons. The molecule has 0 aromatic heterocycles. The van der Waals surface area contributed by atoms with Crippen LogP contribution in [0.2, 0.25) is 5.02 Å². The molecule has 2 aliphatic heterocycles. The molecule has 2 saturated heterocycles. The summed E-state index contributed by atoms with van der Waals surface area (Å²) in [6, 6.07) is 7.38. The molecule has 0 saturated carbocycles. The van der Waals surface area contributed by atoms with Gasteiger partial charge in [0.2, 0.25) is 5.91 Å². The molecule has 3 amide bonds. The zero-order chi connectivity index (χ0) is 14.8. The average molecular weight is 308 g/mol. The number of carbonyl (C=O) groups excluding carboxylic acids is 2. The van der Waals surface area contributed by atoms with Gasteiger partial charge in [-0.2, -0.15) is 0 Å².